The van der Waals surface area contributed by atoms with E-state index in [1.165, 1.54) is 4.90 Å². The van der Waals surface area contributed by atoms with Gasteiger partial charge in [0.15, 0.2) is 0 Å². The highest BCUT2D eigenvalue weighted by Crippen LogP contribution is 2.49. The van der Waals surface area contributed by atoms with Crippen LogP contribution in [-0.4, -0.2) is 57.8 Å². The van der Waals surface area contributed by atoms with Gasteiger partial charge in [0, 0.05) is 18.7 Å². The minimum absolute atomic E-state index is 0.0861. The molecule has 1 aromatic carbocycles. The monoisotopic (exact) mass is 488 g/mol. The van der Waals surface area contributed by atoms with E-state index in [0.29, 0.717) is 32.4 Å². The van der Waals surface area contributed by atoms with E-state index in [1.54, 1.807) is 18.3 Å². The van der Waals surface area contributed by atoms with Gasteiger partial charge < -0.3 is 14.9 Å². The van der Waals surface area contributed by atoms with Gasteiger partial charge in [-0.2, -0.15) is 0 Å². The standard InChI is InChI=1S/C29H32N2O5/c1-2-13-31-28(34)22-15-20(16-32)26-23(27(22)29(31)35)17-36-25(26)11-8-19(24-5-3-4-12-30-24)14-18-6-9-21(33)10-7-18/h3-7,9-10,12,14,22-23,25,27,32-33H,2,8,11,13,15-17H2,1H3/b19-14-/t22-,23+,25-,27-/m1/s1. The zero-order valence-corrected chi connectivity index (χ0v) is 20.5. The number of phenols is 1. The van der Waals surface area contributed by atoms with E-state index in [-0.39, 0.29) is 48.0 Å². The summed E-state index contributed by atoms with van der Waals surface area (Å²) in [5, 5.41) is 19.8. The van der Waals surface area contributed by atoms with E-state index >= 15 is 0 Å². The van der Waals surface area contributed by atoms with Gasteiger partial charge in [-0.3, -0.25) is 19.5 Å². The fraction of sp³-hybridized carbons (Fsp3) is 0.414. The molecule has 7 heteroatoms. The fourth-order valence-electron chi connectivity index (χ4n) is 6.01. The van der Waals surface area contributed by atoms with Gasteiger partial charge in [-0.05, 0) is 78.3 Å². The van der Waals surface area contributed by atoms with Gasteiger partial charge in [0.2, 0.25) is 11.8 Å². The van der Waals surface area contributed by atoms with Crippen molar-refractivity contribution < 1.29 is 24.5 Å². The Balaban J connectivity index is 1.40. The average Bonchev–Trinajstić information content (AvgIpc) is 3.42. The molecular weight excluding hydrogens is 456 g/mol. The first-order chi connectivity index (χ1) is 17.5. The van der Waals surface area contributed by atoms with Crippen molar-refractivity contribution in [3.8, 4) is 5.75 Å². The van der Waals surface area contributed by atoms with Crippen molar-refractivity contribution in [3.05, 3.63) is 71.1 Å². The predicted octanol–water partition coefficient (Wildman–Crippen LogP) is 3.83. The minimum Gasteiger partial charge on any atom is -0.508 e. The molecule has 4 atom stereocenters. The molecule has 1 aliphatic carbocycles. The van der Waals surface area contributed by atoms with Gasteiger partial charge in [0.1, 0.15) is 5.75 Å². The molecule has 0 radical (unpaired) electrons. The molecular formula is C29H32N2O5. The van der Waals surface area contributed by atoms with Crippen LogP contribution in [0.15, 0.2) is 59.8 Å². The summed E-state index contributed by atoms with van der Waals surface area (Å²) in [6.45, 7) is 2.68. The molecule has 2 amide bonds. The Labute approximate surface area is 211 Å². The number of hydrogen-bond acceptors (Lipinski definition) is 6. The van der Waals surface area contributed by atoms with Crippen LogP contribution in [0.1, 0.15) is 43.9 Å². The summed E-state index contributed by atoms with van der Waals surface area (Å²) in [5.74, 6) is -0.906. The van der Waals surface area contributed by atoms with E-state index in [2.05, 4.69) is 11.1 Å². The van der Waals surface area contributed by atoms with E-state index in [4.69, 9.17) is 4.74 Å². The zero-order chi connectivity index (χ0) is 25.2. The number of imide groups is 1. The third-order valence-corrected chi connectivity index (χ3v) is 7.64. The van der Waals surface area contributed by atoms with Gasteiger partial charge >= 0.3 is 0 Å². The van der Waals surface area contributed by atoms with Crippen LogP contribution in [0.5, 0.6) is 5.75 Å². The number of fused-ring (bicyclic) bond motifs is 3. The Hall–Kier alpha value is -3.29. The quantitative estimate of drug-likeness (QED) is 0.433. The number of carbonyl (C=O) groups is 2. The number of amides is 2. The molecule has 2 saturated heterocycles. The number of likely N-dealkylation sites (tertiary alicyclic amines) is 1. The predicted molar refractivity (Wildman–Crippen MR) is 135 cm³/mol. The number of aliphatic hydroxyl groups excluding tert-OH is 1. The number of nitrogens with zero attached hydrogens (tertiary/aromatic N) is 2. The fourth-order valence-corrected chi connectivity index (χ4v) is 6.01. The Bertz CT molecular complexity index is 1190. The van der Waals surface area contributed by atoms with Crippen LogP contribution < -0.4 is 0 Å². The Kier molecular flexibility index (Phi) is 7.03. The number of rotatable bonds is 8. The summed E-state index contributed by atoms with van der Waals surface area (Å²) >= 11 is 0. The van der Waals surface area contributed by atoms with Gasteiger partial charge in [-0.15, -0.1) is 0 Å². The second-order valence-electron chi connectivity index (χ2n) is 9.82. The number of aromatic nitrogens is 1. The second-order valence-corrected chi connectivity index (χ2v) is 9.82. The maximum Gasteiger partial charge on any atom is 0.233 e. The van der Waals surface area contributed by atoms with Crippen molar-refractivity contribution in [1.29, 1.82) is 0 Å². The van der Waals surface area contributed by atoms with Gasteiger partial charge in [-0.1, -0.05) is 25.1 Å². The highest BCUT2D eigenvalue weighted by Gasteiger charge is 2.56. The van der Waals surface area contributed by atoms with Crippen LogP contribution in [0.2, 0.25) is 0 Å². The first-order valence-corrected chi connectivity index (χ1v) is 12.7. The lowest BCUT2D eigenvalue weighted by Gasteiger charge is -2.31. The van der Waals surface area contributed by atoms with Crippen molar-refractivity contribution in [2.45, 2.75) is 38.7 Å². The number of aliphatic hydroxyl groups is 1. The zero-order valence-electron chi connectivity index (χ0n) is 20.5. The van der Waals surface area contributed by atoms with Crippen LogP contribution in [0.3, 0.4) is 0 Å². The summed E-state index contributed by atoms with van der Waals surface area (Å²) < 4.78 is 6.24. The Morgan fingerprint density at radius 3 is 2.64 bits per heavy atom. The van der Waals surface area contributed by atoms with Crippen LogP contribution in [-0.2, 0) is 14.3 Å². The second kappa shape index (κ2) is 10.4. The van der Waals surface area contributed by atoms with Gasteiger partial charge in [0.25, 0.3) is 0 Å². The molecule has 3 aliphatic rings. The number of allylic oxidation sites excluding steroid dienone is 1. The van der Waals surface area contributed by atoms with Crippen molar-refractivity contribution in [1.82, 2.24) is 9.88 Å². The molecule has 36 heavy (non-hydrogen) atoms. The Morgan fingerprint density at radius 1 is 1.14 bits per heavy atom. The summed E-state index contributed by atoms with van der Waals surface area (Å²) in [6, 6.07) is 12.8. The molecule has 2 aromatic rings. The molecule has 5 rings (SSSR count). The van der Waals surface area contributed by atoms with Crippen molar-refractivity contribution in [2.24, 2.45) is 17.8 Å². The lowest BCUT2D eigenvalue weighted by molar-refractivity contribution is -0.140. The lowest BCUT2D eigenvalue weighted by atomic mass is 9.69. The molecule has 0 bridgehead atoms. The number of pyridine rings is 1. The molecule has 2 aliphatic heterocycles. The number of aromatic hydroxyl groups is 1. The number of carbonyl (C=O) groups excluding carboxylic acids is 2. The summed E-state index contributed by atoms with van der Waals surface area (Å²) in [7, 11) is 0. The number of ether oxygens (including phenoxy) is 1. The first-order valence-electron chi connectivity index (χ1n) is 12.7. The SMILES string of the molecule is CCCN1C(=O)[C@@H]2[C@@H](CC(CO)=C3[C@@H](CC/C(=C/c4ccc(O)cc4)c4ccccn4)OC[C@@H]32)C1=O. The molecule has 7 nitrogen and oxygen atoms in total. The van der Waals surface area contributed by atoms with Gasteiger partial charge in [-0.25, -0.2) is 0 Å². The van der Waals surface area contributed by atoms with E-state index in [1.807, 2.05) is 37.3 Å². The topological polar surface area (TPSA) is 100.0 Å². The van der Waals surface area contributed by atoms with E-state index in [9.17, 15) is 19.8 Å². The molecule has 0 spiro atoms. The summed E-state index contributed by atoms with van der Waals surface area (Å²) in [5.41, 5.74) is 4.73. The third kappa shape index (κ3) is 4.49. The Morgan fingerprint density at radius 2 is 1.94 bits per heavy atom. The summed E-state index contributed by atoms with van der Waals surface area (Å²) in [6.07, 6.45) is 6.13. The maximum atomic E-state index is 13.2. The van der Waals surface area contributed by atoms with Crippen molar-refractivity contribution in [2.75, 3.05) is 19.8 Å². The average molecular weight is 489 g/mol. The summed E-state index contributed by atoms with van der Waals surface area (Å²) in [4.78, 5) is 32.1. The normalized spacial score (nSPS) is 25.9. The van der Waals surface area contributed by atoms with Crippen LogP contribution in [0, 0.1) is 17.8 Å². The van der Waals surface area contributed by atoms with Crippen LogP contribution >= 0.6 is 0 Å². The molecule has 0 unspecified atom stereocenters. The van der Waals surface area contributed by atoms with E-state index in [0.717, 1.165) is 34.4 Å². The van der Waals surface area contributed by atoms with Crippen LogP contribution in [0.25, 0.3) is 11.6 Å². The van der Waals surface area contributed by atoms with Crippen molar-refractivity contribution in [3.63, 3.8) is 0 Å². The molecule has 0 saturated carbocycles. The molecule has 188 valence electrons. The maximum absolute atomic E-state index is 13.2. The van der Waals surface area contributed by atoms with Crippen molar-refractivity contribution >= 4 is 23.5 Å². The molecule has 2 fully saturated rings. The number of phenolic OH excluding ortho intramolecular Hbond substituents is 1. The molecule has 3 heterocycles. The van der Waals surface area contributed by atoms with Crippen LogP contribution in [0.4, 0.5) is 0 Å². The third-order valence-electron chi connectivity index (χ3n) is 7.64. The number of benzene rings is 1. The molecule has 2 N–H and O–H groups in total. The highest BCUT2D eigenvalue weighted by atomic mass is 16.5. The van der Waals surface area contributed by atoms with Gasteiger partial charge in [0.05, 0.1) is 36.8 Å². The largest absolute Gasteiger partial charge is 0.508 e. The van der Waals surface area contributed by atoms with E-state index < -0.39 is 0 Å². The lowest BCUT2D eigenvalue weighted by Crippen LogP contribution is -2.35. The first kappa shape index (κ1) is 24.4. The number of hydrogen-bond donors (Lipinski definition) is 2. The minimum atomic E-state index is -0.388. The highest BCUT2D eigenvalue weighted by molar-refractivity contribution is 6.06. The smallest absolute Gasteiger partial charge is 0.233 e. The molecule has 1 aromatic heterocycles.